The Bertz CT molecular complexity index is 638. The van der Waals surface area contributed by atoms with Gasteiger partial charge in [-0.3, -0.25) is 9.59 Å². The summed E-state index contributed by atoms with van der Waals surface area (Å²) in [6.45, 7) is 2.98. The summed E-state index contributed by atoms with van der Waals surface area (Å²) in [4.78, 5) is 26.2. The Morgan fingerprint density at radius 3 is 2.64 bits per heavy atom. The second-order valence-corrected chi connectivity index (χ2v) is 6.11. The maximum Gasteiger partial charge on any atom is 0.261 e. The lowest BCUT2D eigenvalue weighted by Gasteiger charge is -2.18. The van der Waals surface area contributed by atoms with E-state index in [9.17, 15) is 9.59 Å². The van der Waals surface area contributed by atoms with E-state index in [-0.39, 0.29) is 11.8 Å². The lowest BCUT2D eigenvalue weighted by atomic mass is 10.1. The molecule has 0 aliphatic carbocycles. The van der Waals surface area contributed by atoms with Crippen LogP contribution >= 0.6 is 11.3 Å². The molecule has 1 N–H and O–H groups in total. The highest BCUT2D eigenvalue weighted by Crippen LogP contribution is 2.10. The molecule has 2 amide bonds. The number of carbonyl (C=O) groups is 2. The molecule has 0 fully saturated rings. The Hall–Kier alpha value is -2.14. The van der Waals surface area contributed by atoms with E-state index in [0.717, 1.165) is 5.56 Å². The lowest BCUT2D eigenvalue weighted by Crippen LogP contribution is -2.31. The SMILES string of the molecule is Cc1ccccc1CN(C)C(=O)CCNC(=O)c1cccs1. The van der Waals surface area contributed by atoms with Crippen LogP contribution in [0.25, 0.3) is 0 Å². The fourth-order valence-electron chi connectivity index (χ4n) is 2.10. The van der Waals surface area contributed by atoms with Crippen molar-refractivity contribution in [2.75, 3.05) is 13.6 Å². The third-order valence-corrected chi connectivity index (χ3v) is 4.33. The molecule has 116 valence electrons. The number of hydrogen-bond donors (Lipinski definition) is 1. The van der Waals surface area contributed by atoms with E-state index in [1.54, 1.807) is 18.0 Å². The lowest BCUT2D eigenvalue weighted by molar-refractivity contribution is -0.130. The Morgan fingerprint density at radius 1 is 1.18 bits per heavy atom. The number of nitrogens with one attached hydrogen (secondary N) is 1. The molecule has 4 nitrogen and oxygen atoms in total. The Morgan fingerprint density at radius 2 is 1.95 bits per heavy atom. The van der Waals surface area contributed by atoms with Crippen molar-refractivity contribution in [3.63, 3.8) is 0 Å². The molecule has 0 saturated carbocycles. The molecule has 0 aliphatic rings. The standard InChI is InChI=1S/C17H20N2O2S/c1-13-6-3-4-7-14(13)12-19(2)16(20)9-10-18-17(21)15-8-5-11-22-15/h3-8,11H,9-10,12H2,1-2H3,(H,18,21). The van der Waals surface area contributed by atoms with Gasteiger partial charge in [0.25, 0.3) is 5.91 Å². The smallest absolute Gasteiger partial charge is 0.261 e. The molecule has 2 aromatic rings. The van der Waals surface area contributed by atoms with Crippen LogP contribution < -0.4 is 5.32 Å². The minimum absolute atomic E-state index is 0.0229. The van der Waals surface area contributed by atoms with Gasteiger partial charge in [0.2, 0.25) is 5.91 Å². The number of benzene rings is 1. The van der Waals surface area contributed by atoms with Crippen molar-refractivity contribution in [2.24, 2.45) is 0 Å². The summed E-state index contributed by atoms with van der Waals surface area (Å²) in [6, 6.07) is 11.6. The van der Waals surface area contributed by atoms with Crippen LogP contribution in [-0.4, -0.2) is 30.3 Å². The molecular formula is C17H20N2O2S. The summed E-state index contributed by atoms with van der Waals surface area (Å²) < 4.78 is 0. The average Bonchev–Trinajstić information content (AvgIpc) is 3.03. The molecule has 22 heavy (non-hydrogen) atoms. The summed E-state index contributed by atoms with van der Waals surface area (Å²) in [5.41, 5.74) is 2.31. The first-order valence-corrected chi connectivity index (χ1v) is 8.06. The molecule has 0 aliphatic heterocycles. The predicted octanol–water partition coefficient (Wildman–Crippen LogP) is 2.84. The van der Waals surface area contributed by atoms with Gasteiger partial charge in [-0.1, -0.05) is 30.3 Å². The van der Waals surface area contributed by atoms with Crippen molar-refractivity contribution in [1.29, 1.82) is 0 Å². The van der Waals surface area contributed by atoms with Crippen LogP contribution in [0.3, 0.4) is 0 Å². The van der Waals surface area contributed by atoms with E-state index in [1.807, 2.05) is 42.6 Å². The van der Waals surface area contributed by atoms with E-state index < -0.39 is 0 Å². The van der Waals surface area contributed by atoms with Gasteiger partial charge in [0.05, 0.1) is 4.88 Å². The van der Waals surface area contributed by atoms with Crippen molar-refractivity contribution in [3.05, 3.63) is 57.8 Å². The molecule has 0 saturated heterocycles. The maximum absolute atomic E-state index is 12.1. The first kappa shape index (κ1) is 16.2. The van der Waals surface area contributed by atoms with Crippen LogP contribution in [0, 0.1) is 6.92 Å². The molecule has 1 heterocycles. The number of hydrogen-bond acceptors (Lipinski definition) is 3. The zero-order valence-corrected chi connectivity index (χ0v) is 13.7. The molecular weight excluding hydrogens is 296 g/mol. The number of nitrogens with zero attached hydrogens (tertiary/aromatic N) is 1. The molecule has 0 spiro atoms. The van der Waals surface area contributed by atoms with Crippen molar-refractivity contribution >= 4 is 23.2 Å². The van der Waals surface area contributed by atoms with Crippen molar-refractivity contribution < 1.29 is 9.59 Å². The maximum atomic E-state index is 12.1. The van der Waals surface area contributed by atoms with Gasteiger partial charge in [-0.2, -0.15) is 0 Å². The predicted molar refractivity (Wildman–Crippen MR) is 88.9 cm³/mol. The van der Waals surface area contributed by atoms with Gasteiger partial charge in [-0.05, 0) is 29.5 Å². The number of rotatable bonds is 6. The highest BCUT2D eigenvalue weighted by atomic mass is 32.1. The van der Waals surface area contributed by atoms with E-state index in [1.165, 1.54) is 16.9 Å². The van der Waals surface area contributed by atoms with E-state index in [4.69, 9.17) is 0 Å². The first-order chi connectivity index (χ1) is 10.6. The topological polar surface area (TPSA) is 49.4 Å². The minimum atomic E-state index is -0.121. The molecule has 1 aromatic carbocycles. The average molecular weight is 316 g/mol. The molecule has 0 bridgehead atoms. The summed E-state index contributed by atoms with van der Waals surface area (Å²) >= 11 is 1.39. The van der Waals surface area contributed by atoms with Crippen LogP contribution in [0.15, 0.2) is 41.8 Å². The highest BCUT2D eigenvalue weighted by molar-refractivity contribution is 7.12. The van der Waals surface area contributed by atoms with E-state index in [2.05, 4.69) is 5.32 Å². The number of thiophene rings is 1. The minimum Gasteiger partial charge on any atom is -0.351 e. The van der Waals surface area contributed by atoms with Gasteiger partial charge in [0.15, 0.2) is 0 Å². The van der Waals surface area contributed by atoms with Gasteiger partial charge >= 0.3 is 0 Å². The normalized spacial score (nSPS) is 10.3. The molecule has 5 heteroatoms. The van der Waals surface area contributed by atoms with Crippen molar-refractivity contribution in [3.8, 4) is 0 Å². The second kappa shape index (κ2) is 7.75. The van der Waals surface area contributed by atoms with Crippen molar-refractivity contribution in [2.45, 2.75) is 19.9 Å². The molecule has 0 atom stereocenters. The number of carbonyl (C=O) groups excluding carboxylic acids is 2. The first-order valence-electron chi connectivity index (χ1n) is 7.18. The fraction of sp³-hybridized carbons (Fsp3) is 0.294. The Balaban J connectivity index is 1.77. The largest absolute Gasteiger partial charge is 0.351 e. The second-order valence-electron chi connectivity index (χ2n) is 5.16. The third kappa shape index (κ3) is 4.43. The van der Waals surface area contributed by atoms with Gasteiger partial charge in [0.1, 0.15) is 0 Å². The highest BCUT2D eigenvalue weighted by Gasteiger charge is 2.11. The van der Waals surface area contributed by atoms with E-state index >= 15 is 0 Å². The van der Waals surface area contributed by atoms with E-state index in [0.29, 0.717) is 24.4 Å². The monoisotopic (exact) mass is 316 g/mol. The zero-order chi connectivity index (χ0) is 15.9. The van der Waals surface area contributed by atoms with Gasteiger partial charge < -0.3 is 10.2 Å². The fourth-order valence-corrected chi connectivity index (χ4v) is 2.74. The number of aryl methyl sites for hydroxylation is 1. The summed E-state index contributed by atoms with van der Waals surface area (Å²) in [6.07, 6.45) is 0.305. The van der Waals surface area contributed by atoms with Crippen LogP contribution in [-0.2, 0) is 11.3 Å². The third-order valence-electron chi connectivity index (χ3n) is 3.46. The summed E-state index contributed by atoms with van der Waals surface area (Å²) in [7, 11) is 1.79. The van der Waals surface area contributed by atoms with Crippen molar-refractivity contribution in [1.82, 2.24) is 10.2 Å². The summed E-state index contributed by atoms with van der Waals surface area (Å²) in [5.74, 6) is -0.0981. The van der Waals surface area contributed by atoms with Crippen LogP contribution in [0.5, 0.6) is 0 Å². The van der Waals surface area contributed by atoms with Crippen LogP contribution in [0.1, 0.15) is 27.2 Å². The molecule has 1 aromatic heterocycles. The van der Waals surface area contributed by atoms with Gasteiger partial charge in [-0.15, -0.1) is 11.3 Å². The van der Waals surface area contributed by atoms with Crippen LogP contribution in [0.4, 0.5) is 0 Å². The zero-order valence-electron chi connectivity index (χ0n) is 12.8. The Kier molecular flexibility index (Phi) is 5.72. The summed E-state index contributed by atoms with van der Waals surface area (Å²) in [5, 5.41) is 4.63. The van der Waals surface area contributed by atoms with Gasteiger partial charge in [-0.25, -0.2) is 0 Å². The quantitative estimate of drug-likeness (QED) is 0.891. The molecule has 2 rings (SSSR count). The Labute approximate surface area is 134 Å². The van der Waals surface area contributed by atoms with Gasteiger partial charge in [0, 0.05) is 26.6 Å². The van der Waals surface area contributed by atoms with Crippen LogP contribution in [0.2, 0.25) is 0 Å². The molecule has 0 radical (unpaired) electrons. The number of amides is 2. The molecule has 0 unspecified atom stereocenters.